The highest BCUT2D eigenvalue weighted by atomic mass is 35.5. The van der Waals surface area contributed by atoms with Crippen LogP contribution in [0.2, 0.25) is 5.02 Å². The molecule has 4 nitrogen and oxygen atoms in total. The van der Waals surface area contributed by atoms with Crippen LogP contribution in [-0.2, 0) is 11.3 Å². The number of carbonyl (C=O) groups is 1. The van der Waals surface area contributed by atoms with Crippen LogP contribution >= 0.6 is 11.6 Å². The van der Waals surface area contributed by atoms with Gasteiger partial charge in [0, 0.05) is 39.6 Å². The molecule has 1 amide bonds. The number of nitrogens with zero attached hydrogens (tertiary/aromatic N) is 1. The Hall–Kier alpha value is -2.79. The molecule has 1 aliphatic heterocycles. The molecule has 2 heterocycles. The molecule has 126 valence electrons. The fraction of sp³-hybridized carbons (Fsp3) is 0.105. The molecule has 6 heteroatoms. The third-order valence-electron chi connectivity index (χ3n) is 4.26. The summed E-state index contributed by atoms with van der Waals surface area (Å²) in [7, 11) is 0. The van der Waals surface area contributed by atoms with Crippen LogP contribution < -0.4 is 10.6 Å². The normalized spacial score (nSPS) is 13.8. The second kappa shape index (κ2) is 6.26. The molecule has 2 aromatic carbocycles. The molecule has 3 aromatic rings. The van der Waals surface area contributed by atoms with Gasteiger partial charge < -0.3 is 15.2 Å². The average Bonchev–Trinajstić information content (AvgIpc) is 3.18. The zero-order valence-corrected chi connectivity index (χ0v) is 14.0. The summed E-state index contributed by atoms with van der Waals surface area (Å²) in [4.78, 5) is 11.3. The molecular formula is C19H15ClFN3O. The molecule has 0 aliphatic carbocycles. The zero-order chi connectivity index (χ0) is 17.4. The van der Waals surface area contributed by atoms with E-state index in [1.165, 1.54) is 6.07 Å². The lowest BCUT2D eigenvalue weighted by molar-refractivity contribution is -0.115. The summed E-state index contributed by atoms with van der Waals surface area (Å²) >= 11 is 6.14. The smallest absolute Gasteiger partial charge is 0.246 e. The highest BCUT2D eigenvalue weighted by molar-refractivity contribution is 6.31. The molecule has 25 heavy (non-hydrogen) atoms. The fourth-order valence-corrected chi connectivity index (χ4v) is 3.24. The predicted molar refractivity (Wildman–Crippen MR) is 97.2 cm³/mol. The summed E-state index contributed by atoms with van der Waals surface area (Å²) in [6, 6.07) is 12.5. The molecule has 1 aliphatic rings. The van der Waals surface area contributed by atoms with Crippen molar-refractivity contribution in [3.05, 3.63) is 76.8 Å². The Bertz CT molecular complexity index is 989. The number of amides is 1. The van der Waals surface area contributed by atoms with Crippen molar-refractivity contribution in [2.75, 3.05) is 11.9 Å². The lowest BCUT2D eigenvalue weighted by atomic mass is 10.2. The summed E-state index contributed by atoms with van der Waals surface area (Å²) in [5.74, 6) is -0.411. The lowest BCUT2D eigenvalue weighted by Gasteiger charge is -2.11. The fourth-order valence-electron chi connectivity index (χ4n) is 3.02. The molecule has 0 spiro atoms. The van der Waals surface area contributed by atoms with E-state index in [2.05, 4.69) is 10.6 Å². The van der Waals surface area contributed by atoms with Crippen LogP contribution in [0.5, 0.6) is 0 Å². The number of halogens is 2. The van der Waals surface area contributed by atoms with E-state index in [1.807, 2.05) is 35.0 Å². The van der Waals surface area contributed by atoms with Gasteiger partial charge >= 0.3 is 0 Å². The van der Waals surface area contributed by atoms with E-state index in [9.17, 15) is 9.18 Å². The van der Waals surface area contributed by atoms with Gasteiger partial charge in [-0.15, -0.1) is 0 Å². The highest BCUT2D eigenvalue weighted by Gasteiger charge is 2.14. The zero-order valence-electron chi connectivity index (χ0n) is 13.2. The van der Waals surface area contributed by atoms with Crippen LogP contribution in [0.1, 0.15) is 5.56 Å². The number of carbonyl (C=O) groups excluding carboxylic acids is 1. The van der Waals surface area contributed by atoms with Crippen molar-refractivity contribution >= 4 is 34.1 Å². The minimum atomic E-state index is -0.315. The third-order valence-corrected chi connectivity index (χ3v) is 4.61. The quantitative estimate of drug-likeness (QED) is 0.745. The van der Waals surface area contributed by atoms with Crippen molar-refractivity contribution in [1.29, 1.82) is 0 Å². The highest BCUT2D eigenvalue weighted by Crippen LogP contribution is 2.28. The predicted octanol–water partition coefficient (Wildman–Crippen LogP) is 3.91. The van der Waals surface area contributed by atoms with Crippen LogP contribution in [0.25, 0.3) is 10.9 Å². The third kappa shape index (κ3) is 2.98. The molecule has 0 saturated heterocycles. The molecule has 0 radical (unpaired) electrons. The molecule has 0 fully saturated rings. The van der Waals surface area contributed by atoms with Gasteiger partial charge in [-0.3, -0.25) is 4.79 Å². The number of fused-ring (bicyclic) bond motifs is 1. The van der Waals surface area contributed by atoms with Crippen LogP contribution in [0.15, 0.2) is 60.4 Å². The Kier molecular flexibility index (Phi) is 3.93. The summed E-state index contributed by atoms with van der Waals surface area (Å²) in [6.45, 7) is 0.835. The van der Waals surface area contributed by atoms with Gasteiger partial charge in [0.25, 0.3) is 0 Å². The van der Waals surface area contributed by atoms with Crippen molar-refractivity contribution in [3.8, 4) is 0 Å². The molecule has 0 saturated carbocycles. The monoisotopic (exact) mass is 355 g/mol. The van der Waals surface area contributed by atoms with Crippen molar-refractivity contribution in [2.24, 2.45) is 0 Å². The van der Waals surface area contributed by atoms with Crippen LogP contribution in [-0.4, -0.2) is 17.0 Å². The van der Waals surface area contributed by atoms with E-state index < -0.39 is 0 Å². The van der Waals surface area contributed by atoms with Gasteiger partial charge in [0.2, 0.25) is 5.91 Å². The Morgan fingerprint density at radius 2 is 2.04 bits per heavy atom. The molecule has 0 bridgehead atoms. The average molecular weight is 356 g/mol. The molecule has 0 atom stereocenters. The van der Waals surface area contributed by atoms with E-state index in [-0.39, 0.29) is 11.7 Å². The van der Waals surface area contributed by atoms with Gasteiger partial charge in [-0.05, 0) is 30.3 Å². The van der Waals surface area contributed by atoms with Crippen molar-refractivity contribution in [3.63, 3.8) is 0 Å². The first kappa shape index (κ1) is 15.7. The number of benzene rings is 2. The standard InChI is InChI=1S/C19H15ClFN3O/c20-15-3-1-4-16(21)14(15)11-24-8-7-13-17(5-2-6-18(13)24)23-12-9-19(25)22-10-12/h1-9,23H,10-11H2,(H,22,25). The summed E-state index contributed by atoms with van der Waals surface area (Å²) in [5, 5.41) is 7.42. The maximum absolute atomic E-state index is 14.1. The van der Waals surface area contributed by atoms with Crippen molar-refractivity contribution < 1.29 is 9.18 Å². The van der Waals surface area contributed by atoms with Crippen LogP contribution in [0.3, 0.4) is 0 Å². The first-order valence-electron chi connectivity index (χ1n) is 7.88. The van der Waals surface area contributed by atoms with Crippen molar-refractivity contribution in [1.82, 2.24) is 9.88 Å². The molecule has 2 N–H and O–H groups in total. The molecular weight excluding hydrogens is 341 g/mol. The maximum atomic E-state index is 14.1. The molecule has 1 aromatic heterocycles. The molecule has 0 unspecified atom stereocenters. The topological polar surface area (TPSA) is 46.1 Å². The Labute approximate surface area is 148 Å². The number of aromatic nitrogens is 1. The Morgan fingerprint density at radius 3 is 2.80 bits per heavy atom. The van der Waals surface area contributed by atoms with Crippen molar-refractivity contribution in [2.45, 2.75) is 6.54 Å². The second-order valence-electron chi connectivity index (χ2n) is 5.89. The SMILES string of the molecule is O=C1C=C(Nc2cccc3c2ccn3Cc2c(F)cccc2Cl)CN1. The van der Waals surface area contributed by atoms with E-state index in [0.717, 1.165) is 22.3 Å². The summed E-state index contributed by atoms with van der Waals surface area (Å²) in [5.41, 5.74) is 3.15. The van der Waals surface area contributed by atoms with E-state index in [1.54, 1.807) is 18.2 Å². The number of hydrogen-bond acceptors (Lipinski definition) is 2. The first-order valence-corrected chi connectivity index (χ1v) is 8.26. The molecule has 4 rings (SSSR count). The maximum Gasteiger partial charge on any atom is 0.246 e. The van der Waals surface area contributed by atoms with E-state index in [0.29, 0.717) is 23.7 Å². The van der Waals surface area contributed by atoms with Gasteiger partial charge in [-0.25, -0.2) is 4.39 Å². The number of rotatable bonds is 4. The number of nitrogens with one attached hydrogen (secondary N) is 2. The van der Waals surface area contributed by atoms with Gasteiger partial charge in [0.1, 0.15) is 5.82 Å². The van der Waals surface area contributed by atoms with E-state index in [4.69, 9.17) is 11.6 Å². The first-order chi connectivity index (χ1) is 12.1. The largest absolute Gasteiger partial charge is 0.357 e. The van der Waals surface area contributed by atoms with Gasteiger partial charge in [-0.2, -0.15) is 0 Å². The lowest BCUT2D eigenvalue weighted by Crippen LogP contribution is -2.16. The Morgan fingerprint density at radius 1 is 1.20 bits per heavy atom. The Balaban J connectivity index is 1.69. The van der Waals surface area contributed by atoms with Gasteiger partial charge in [-0.1, -0.05) is 23.7 Å². The minimum Gasteiger partial charge on any atom is -0.357 e. The van der Waals surface area contributed by atoms with Crippen LogP contribution in [0, 0.1) is 5.82 Å². The van der Waals surface area contributed by atoms with Crippen LogP contribution in [0.4, 0.5) is 10.1 Å². The van der Waals surface area contributed by atoms with Gasteiger partial charge in [0.15, 0.2) is 0 Å². The summed E-state index contributed by atoms with van der Waals surface area (Å²) in [6.07, 6.45) is 3.46. The number of anilines is 1. The van der Waals surface area contributed by atoms with E-state index >= 15 is 0 Å². The summed E-state index contributed by atoms with van der Waals surface area (Å²) < 4.78 is 16.0. The number of hydrogen-bond donors (Lipinski definition) is 2. The minimum absolute atomic E-state index is 0.0959. The second-order valence-corrected chi connectivity index (χ2v) is 6.30. The van der Waals surface area contributed by atoms with Gasteiger partial charge in [0.05, 0.1) is 18.6 Å².